The summed E-state index contributed by atoms with van der Waals surface area (Å²) in [6.45, 7) is 6.12. The Morgan fingerprint density at radius 1 is 1.65 bits per heavy atom. The third-order valence-electron chi connectivity index (χ3n) is 3.34. The molecule has 3 unspecified atom stereocenters. The molecule has 1 aliphatic rings. The van der Waals surface area contributed by atoms with Crippen LogP contribution < -0.4 is 5.32 Å². The van der Waals surface area contributed by atoms with Crippen LogP contribution in [0.1, 0.15) is 38.6 Å². The molecular weight excluding hydrogens is 216 g/mol. The van der Waals surface area contributed by atoms with E-state index in [9.17, 15) is 0 Å². The molecule has 1 aromatic heterocycles. The molecule has 0 bridgehead atoms. The van der Waals surface area contributed by atoms with Crippen molar-refractivity contribution >= 4 is 0 Å². The van der Waals surface area contributed by atoms with Crippen molar-refractivity contribution in [2.45, 2.75) is 38.8 Å². The predicted molar refractivity (Wildman–Crippen MR) is 65.6 cm³/mol. The molecule has 1 aliphatic heterocycles. The van der Waals surface area contributed by atoms with Crippen LogP contribution in [0.15, 0.2) is 6.33 Å². The molecule has 0 saturated carbocycles. The summed E-state index contributed by atoms with van der Waals surface area (Å²) in [6.07, 6.45) is 4.19. The lowest BCUT2D eigenvalue weighted by molar-refractivity contribution is 0.116. The average Bonchev–Trinajstić information content (AvgIpc) is 2.90. The van der Waals surface area contributed by atoms with Crippen LogP contribution in [0, 0.1) is 5.92 Å². The summed E-state index contributed by atoms with van der Waals surface area (Å²) >= 11 is 0. The van der Waals surface area contributed by atoms with Crippen LogP contribution in [-0.4, -0.2) is 34.0 Å². The molecule has 3 atom stereocenters. The Morgan fingerprint density at radius 3 is 3.00 bits per heavy atom. The van der Waals surface area contributed by atoms with Gasteiger partial charge in [-0.1, -0.05) is 6.92 Å². The van der Waals surface area contributed by atoms with Crippen LogP contribution in [0.2, 0.25) is 0 Å². The molecule has 1 N–H and O–H groups in total. The van der Waals surface area contributed by atoms with Crippen molar-refractivity contribution in [2.75, 3.05) is 13.2 Å². The second-order valence-electron chi connectivity index (χ2n) is 4.81. The molecule has 0 amide bonds. The first-order chi connectivity index (χ1) is 8.22. The number of aromatic nitrogens is 3. The zero-order valence-corrected chi connectivity index (χ0v) is 10.9. The number of aryl methyl sites for hydroxylation is 1. The Morgan fingerprint density at radius 2 is 2.47 bits per heavy atom. The van der Waals surface area contributed by atoms with E-state index < -0.39 is 0 Å². The monoisotopic (exact) mass is 238 g/mol. The van der Waals surface area contributed by atoms with E-state index in [0.29, 0.717) is 12.0 Å². The fourth-order valence-electron chi connectivity index (χ4n) is 2.44. The van der Waals surface area contributed by atoms with Crippen molar-refractivity contribution in [3.05, 3.63) is 12.2 Å². The van der Waals surface area contributed by atoms with Crippen molar-refractivity contribution in [1.82, 2.24) is 20.1 Å². The van der Waals surface area contributed by atoms with E-state index in [-0.39, 0.29) is 6.04 Å². The lowest BCUT2D eigenvalue weighted by Gasteiger charge is -2.22. The molecule has 0 aromatic carbocycles. The Hall–Kier alpha value is -0.940. The first-order valence-corrected chi connectivity index (χ1v) is 6.41. The van der Waals surface area contributed by atoms with Crippen LogP contribution in [0.25, 0.3) is 0 Å². The zero-order chi connectivity index (χ0) is 12.3. The molecule has 0 spiro atoms. The molecule has 17 heavy (non-hydrogen) atoms. The fraction of sp³-hybridized carbons (Fsp3) is 0.833. The van der Waals surface area contributed by atoms with Crippen LogP contribution >= 0.6 is 0 Å². The normalized spacial score (nSPS) is 26.3. The van der Waals surface area contributed by atoms with Gasteiger partial charge in [0.2, 0.25) is 0 Å². The highest BCUT2D eigenvalue weighted by Gasteiger charge is 2.32. The number of rotatable bonds is 5. The fourth-order valence-corrected chi connectivity index (χ4v) is 2.44. The molecule has 5 heteroatoms. The average molecular weight is 238 g/mol. The van der Waals surface area contributed by atoms with Gasteiger partial charge < -0.3 is 10.1 Å². The van der Waals surface area contributed by atoms with Crippen LogP contribution in [0.4, 0.5) is 0 Å². The summed E-state index contributed by atoms with van der Waals surface area (Å²) in [6, 6.07) is 0.257. The van der Waals surface area contributed by atoms with Gasteiger partial charge in [-0.15, -0.1) is 0 Å². The number of hydrogen-bond acceptors (Lipinski definition) is 4. The number of nitrogens with zero attached hydrogens (tertiary/aromatic N) is 3. The molecule has 1 fully saturated rings. The maximum absolute atomic E-state index is 5.67. The minimum absolute atomic E-state index is 0.257. The largest absolute Gasteiger partial charge is 0.378 e. The lowest BCUT2D eigenvalue weighted by Crippen LogP contribution is -2.31. The van der Waals surface area contributed by atoms with Crippen molar-refractivity contribution in [3.8, 4) is 0 Å². The summed E-state index contributed by atoms with van der Waals surface area (Å²) in [5.41, 5.74) is 0. The maximum Gasteiger partial charge on any atom is 0.144 e. The third kappa shape index (κ3) is 2.84. The second kappa shape index (κ2) is 5.60. The Balaban J connectivity index is 2.10. The van der Waals surface area contributed by atoms with Crippen LogP contribution in [0.5, 0.6) is 0 Å². The molecule has 5 nitrogen and oxygen atoms in total. The van der Waals surface area contributed by atoms with E-state index in [2.05, 4.69) is 29.2 Å². The molecule has 0 aliphatic carbocycles. The van der Waals surface area contributed by atoms with E-state index in [0.717, 1.165) is 31.8 Å². The number of ether oxygens (including phenoxy) is 1. The Bertz CT molecular complexity index is 352. The summed E-state index contributed by atoms with van der Waals surface area (Å²) in [4.78, 5) is 4.37. The van der Waals surface area contributed by atoms with E-state index in [1.54, 1.807) is 6.33 Å². The van der Waals surface area contributed by atoms with Gasteiger partial charge in [0.1, 0.15) is 12.2 Å². The maximum atomic E-state index is 5.67. The van der Waals surface area contributed by atoms with Gasteiger partial charge in [-0.05, 0) is 26.3 Å². The first-order valence-electron chi connectivity index (χ1n) is 6.41. The first kappa shape index (κ1) is 12.5. The molecule has 2 rings (SSSR count). The van der Waals surface area contributed by atoms with Gasteiger partial charge in [-0.3, -0.25) is 4.68 Å². The number of nitrogens with one attached hydrogen (secondary N) is 1. The van der Waals surface area contributed by atoms with E-state index >= 15 is 0 Å². The van der Waals surface area contributed by atoms with Gasteiger partial charge in [0.15, 0.2) is 0 Å². The standard InChI is InChI=1S/C12H22N4O/c1-4-5-13-11(10-6-9(2)17-7-10)12-14-8-15-16(12)3/h8-11,13H,4-7H2,1-3H3. The Kier molecular flexibility index (Phi) is 4.12. The van der Waals surface area contributed by atoms with Crippen LogP contribution in [0.3, 0.4) is 0 Å². The highest BCUT2D eigenvalue weighted by Crippen LogP contribution is 2.30. The molecule has 1 aromatic rings. The van der Waals surface area contributed by atoms with Gasteiger partial charge in [0, 0.05) is 13.0 Å². The summed E-state index contributed by atoms with van der Waals surface area (Å²) < 4.78 is 7.52. The van der Waals surface area contributed by atoms with Gasteiger partial charge in [0.05, 0.1) is 18.8 Å². The minimum Gasteiger partial charge on any atom is -0.378 e. The summed E-state index contributed by atoms with van der Waals surface area (Å²) in [7, 11) is 1.95. The van der Waals surface area contributed by atoms with Crippen molar-refractivity contribution in [2.24, 2.45) is 13.0 Å². The summed E-state index contributed by atoms with van der Waals surface area (Å²) in [5, 5.41) is 7.73. The minimum atomic E-state index is 0.257. The molecule has 1 saturated heterocycles. The zero-order valence-electron chi connectivity index (χ0n) is 10.9. The van der Waals surface area contributed by atoms with E-state index in [4.69, 9.17) is 4.74 Å². The predicted octanol–water partition coefficient (Wildman–Crippen LogP) is 1.28. The van der Waals surface area contributed by atoms with E-state index in [1.807, 2.05) is 11.7 Å². The summed E-state index contributed by atoms with van der Waals surface area (Å²) in [5.74, 6) is 1.51. The van der Waals surface area contributed by atoms with Gasteiger partial charge >= 0.3 is 0 Å². The van der Waals surface area contributed by atoms with Gasteiger partial charge in [-0.2, -0.15) is 5.10 Å². The Labute approximate surface area is 103 Å². The highest BCUT2D eigenvalue weighted by molar-refractivity contribution is 4.98. The molecule has 0 radical (unpaired) electrons. The van der Waals surface area contributed by atoms with Crippen molar-refractivity contribution < 1.29 is 4.74 Å². The van der Waals surface area contributed by atoms with Crippen molar-refractivity contribution in [3.63, 3.8) is 0 Å². The van der Waals surface area contributed by atoms with Crippen LogP contribution in [-0.2, 0) is 11.8 Å². The molecule has 96 valence electrons. The lowest BCUT2D eigenvalue weighted by atomic mass is 9.96. The second-order valence-corrected chi connectivity index (χ2v) is 4.81. The number of hydrogen-bond donors (Lipinski definition) is 1. The highest BCUT2D eigenvalue weighted by atomic mass is 16.5. The smallest absolute Gasteiger partial charge is 0.144 e. The molecule has 2 heterocycles. The van der Waals surface area contributed by atoms with E-state index in [1.165, 1.54) is 0 Å². The SMILES string of the molecule is CCCNC(c1ncnn1C)C1COC(C)C1. The topological polar surface area (TPSA) is 52.0 Å². The van der Waals surface area contributed by atoms with Gasteiger partial charge in [-0.25, -0.2) is 4.98 Å². The third-order valence-corrected chi connectivity index (χ3v) is 3.34. The van der Waals surface area contributed by atoms with Gasteiger partial charge in [0.25, 0.3) is 0 Å². The van der Waals surface area contributed by atoms with Crippen molar-refractivity contribution in [1.29, 1.82) is 0 Å². The molecular formula is C12H22N4O. The quantitative estimate of drug-likeness (QED) is 0.839.